The molecule has 0 spiro atoms. The largest absolute Gasteiger partial charge is 0.324 e. The molecule has 4 nitrogen and oxygen atoms in total. The molecule has 0 radical (unpaired) electrons. The maximum Gasteiger partial charge on any atom is 0.242 e. The maximum absolute atomic E-state index is 12.2. The minimum Gasteiger partial charge on any atom is -0.324 e. The summed E-state index contributed by atoms with van der Waals surface area (Å²) in [6.45, 7) is 0.889. The van der Waals surface area contributed by atoms with Gasteiger partial charge in [0.25, 0.3) is 0 Å². The second-order valence-corrected chi connectivity index (χ2v) is 5.60. The molecule has 1 saturated heterocycles. The van der Waals surface area contributed by atoms with Crippen molar-refractivity contribution in [3.63, 3.8) is 0 Å². The van der Waals surface area contributed by atoms with Gasteiger partial charge >= 0.3 is 0 Å². The highest BCUT2D eigenvalue weighted by atomic mass is 32.2. The normalized spacial score (nSPS) is 19.3. The number of carbonyl (C=O) groups excluding carboxylic acids is 1. The molecule has 0 aliphatic carbocycles. The molecule has 1 unspecified atom stereocenters. The SMILES string of the molecule is O=C(Nc1cccc2ncccc12)C1CSCCN1. The summed E-state index contributed by atoms with van der Waals surface area (Å²) in [5.74, 6) is 1.93. The van der Waals surface area contributed by atoms with Crippen molar-refractivity contribution in [3.8, 4) is 0 Å². The number of fused-ring (bicyclic) bond motifs is 1. The molecule has 5 heteroatoms. The second kappa shape index (κ2) is 5.59. The van der Waals surface area contributed by atoms with Crippen LogP contribution in [0.1, 0.15) is 0 Å². The van der Waals surface area contributed by atoms with Gasteiger partial charge in [-0.05, 0) is 24.3 Å². The van der Waals surface area contributed by atoms with Gasteiger partial charge in [-0.15, -0.1) is 0 Å². The van der Waals surface area contributed by atoms with Crippen LogP contribution in [0.5, 0.6) is 0 Å². The number of nitrogens with one attached hydrogen (secondary N) is 2. The Morgan fingerprint density at radius 3 is 3.16 bits per heavy atom. The smallest absolute Gasteiger partial charge is 0.242 e. The lowest BCUT2D eigenvalue weighted by atomic mass is 10.1. The Hall–Kier alpha value is -1.59. The van der Waals surface area contributed by atoms with Crippen LogP contribution in [0.25, 0.3) is 10.9 Å². The Bertz CT molecular complexity index is 591. The third-order valence-electron chi connectivity index (χ3n) is 3.14. The van der Waals surface area contributed by atoms with E-state index in [1.807, 2.05) is 42.1 Å². The standard InChI is InChI=1S/C14H15N3OS/c18-14(13-9-19-8-7-16-13)17-12-5-1-4-11-10(12)3-2-6-15-11/h1-6,13,16H,7-9H2,(H,17,18). The van der Waals surface area contributed by atoms with Gasteiger partial charge in [-0.3, -0.25) is 9.78 Å². The number of hydrogen-bond acceptors (Lipinski definition) is 4. The molecule has 0 bridgehead atoms. The number of benzene rings is 1. The fourth-order valence-electron chi connectivity index (χ4n) is 2.17. The summed E-state index contributed by atoms with van der Waals surface area (Å²) in [5, 5.41) is 7.21. The summed E-state index contributed by atoms with van der Waals surface area (Å²) < 4.78 is 0. The Morgan fingerprint density at radius 1 is 1.37 bits per heavy atom. The van der Waals surface area contributed by atoms with E-state index in [0.29, 0.717) is 0 Å². The second-order valence-electron chi connectivity index (χ2n) is 4.45. The van der Waals surface area contributed by atoms with Crippen molar-refractivity contribution in [3.05, 3.63) is 36.5 Å². The molecular formula is C14H15N3OS. The van der Waals surface area contributed by atoms with Crippen molar-refractivity contribution in [2.24, 2.45) is 0 Å². The Balaban J connectivity index is 1.82. The van der Waals surface area contributed by atoms with Crippen LogP contribution in [0.15, 0.2) is 36.5 Å². The molecule has 98 valence electrons. The van der Waals surface area contributed by atoms with E-state index in [9.17, 15) is 4.79 Å². The van der Waals surface area contributed by atoms with Crippen LogP contribution in [0.4, 0.5) is 5.69 Å². The van der Waals surface area contributed by atoms with E-state index in [4.69, 9.17) is 0 Å². The lowest BCUT2D eigenvalue weighted by molar-refractivity contribution is -0.117. The summed E-state index contributed by atoms with van der Waals surface area (Å²) in [4.78, 5) is 16.5. The zero-order valence-corrected chi connectivity index (χ0v) is 11.2. The van der Waals surface area contributed by atoms with Crippen molar-refractivity contribution in [2.45, 2.75) is 6.04 Å². The van der Waals surface area contributed by atoms with Crippen molar-refractivity contribution >= 4 is 34.3 Å². The molecule has 2 aromatic rings. The zero-order valence-electron chi connectivity index (χ0n) is 10.4. The number of amides is 1. The number of rotatable bonds is 2. The van der Waals surface area contributed by atoms with E-state index in [1.165, 1.54) is 0 Å². The first-order chi connectivity index (χ1) is 9.34. The van der Waals surface area contributed by atoms with Crippen LogP contribution in [0.3, 0.4) is 0 Å². The van der Waals surface area contributed by atoms with Gasteiger partial charge in [0.05, 0.1) is 17.2 Å². The fraction of sp³-hybridized carbons (Fsp3) is 0.286. The fourth-order valence-corrected chi connectivity index (χ4v) is 3.10. The van der Waals surface area contributed by atoms with Crippen LogP contribution >= 0.6 is 11.8 Å². The average molecular weight is 273 g/mol. The van der Waals surface area contributed by atoms with E-state index in [2.05, 4.69) is 15.6 Å². The number of carbonyl (C=O) groups is 1. The maximum atomic E-state index is 12.2. The van der Waals surface area contributed by atoms with E-state index in [-0.39, 0.29) is 11.9 Å². The van der Waals surface area contributed by atoms with E-state index < -0.39 is 0 Å². The van der Waals surface area contributed by atoms with Crippen molar-refractivity contribution in [1.29, 1.82) is 0 Å². The first-order valence-corrected chi connectivity index (χ1v) is 7.46. The molecule has 1 atom stereocenters. The highest BCUT2D eigenvalue weighted by molar-refractivity contribution is 7.99. The topological polar surface area (TPSA) is 54.0 Å². The summed E-state index contributed by atoms with van der Waals surface area (Å²) in [7, 11) is 0. The minimum absolute atomic E-state index is 0.0311. The van der Waals surface area contributed by atoms with Gasteiger partial charge in [0.1, 0.15) is 0 Å². The van der Waals surface area contributed by atoms with E-state index >= 15 is 0 Å². The number of anilines is 1. The first kappa shape index (κ1) is 12.4. The molecule has 1 aliphatic heterocycles. The van der Waals surface area contributed by atoms with Gasteiger partial charge in [-0.2, -0.15) is 11.8 Å². The van der Waals surface area contributed by atoms with Crippen LogP contribution in [-0.2, 0) is 4.79 Å². The molecule has 1 fully saturated rings. The van der Waals surface area contributed by atoms with Crippen LogP contribution in [0, 0.1) is 0 Å². The highest BCUT2D eigenvalue weighted by Gasteiger charge is 2.21. The van der Waals surface area contributed by atoms with Gasteiger partial charge in [-0.25, -0.2) is 0 Å². The lowest BCUT2D eigenvalue weighted by Crippen LogP contribution is -2.46. The Labute approximate surface area is 116 Å². The van der Waals surface area contributed by atoms with Crippen molar-refractivity contribution in [1.82, 2.24) is 10.3 Å². The van der Waals surface area contributed by atoms with E-state index in [1.54, 1.807) is 6.20 Å². The number of thioether (sulfide) groups is 1. The van der Waals surface area contributed by atoms with Gasteiger partial charge in [-0.1, -0.05) is 6.07 Å². The molecule has 0 saturated carbocycles. The van der Waals surface area contributed by atoms with Crippen LogP contribution in [-0.4, -0.2) is 35.0 Å². The van der Waals surface area contributed by atoms with Gasteiger partial charge in [0.2, 0.25) is 5.91 Å². The number of nitrogens with zero attached hydrogens (tertiary/aromatic N) is 1. The van der Waals surface area contributed by atoms with E-state index in [0.717, 1.165) is 34.6 Å². The lowest BCUT2D eigenvalue weighted by Gasteiger charge is -2.22. The Morgan fingerprint density at radius 2 is 2.32 bits per heavy atom. The average Bonchev–Trinajstić information content (AvgIpc) is 2.48. The van der Waals surface area contributed by atoms with Crippen LogP contribution in [0.2, 0.25) is 0 Å². The molecule has 19 heavy (non-hydrogen) atoms. The van der Waals surface area contributed by atoms with Gasteiger partial charge in [0.15, 0.2) is 0 Å². The van der Waals surface area contributed by atoms with Gasteiger partial charge < -0.3 is 10.6 Å². The number of hydrogen-bond donors (Lipinski definition) is 2. The summed E-state index contributed by atoms with van der Waals surface area (Å²) in [6.07, 6.45) is 1.76. The molecule has 1 aliphatic rings. The quantitative estimate of drug-likeness (QED) is 0.877. The molecular weight excluding hydrogens is 258 g/mol. The Kier molecular flexibility index (Phi) is 3.66. The third kappa shape index (κ3) is 2.72. The van der Waals surface area contributed by atoms with Crippen LogP contribution < -0.4 is 10.6 Å². The summed E-state index contributed by atoms with van der Waals surface area (Å²) in [6, 6.07) is 9.52. The molecule has 1 aromatic carbocycles. The predicted molar refractivity (Wildman–Crippen MR) is 79.5 cm³/mol. The third-order valence-corrected chi connectivity index (χ3v) is 4.20. The molecule has 1 aromatic heterocycles. The number of aromatic nitrogens is 1. The monoisotopic (exact) mass is 273 g/mol. The zero-order chi connectivity index (χ0) is 13.1. The highest BCUT2D eigenvalue weighted by Crippen LogP contribution is 2.21. The van der Waals surface area contributed by atoms with Crippen molar-refractivity contribution < 1.29 is 4.79 Å². The molecule has 1 amide bonds. The summed E-state index contributed by atoms with van der Waals surface area (Å²) >= 11 is 1.81. The minimum atomic E-state index is -0.106. The van der Waals surface area contributed by atoms with Crippen molar-refractivity contribution in [2.75, 3.05) is 23.4 Å². The molecule has 2 N–H and O–H groups in total. The van der Waals surface area contributed by atoms with Gasteiger partial charge in [0, 0.05) is 29.6 Å². The molecule has 2 heterocycles. The number of pyridine rings is 1. The first-order valence-electron chi connectivity index (χ1n) is 6.30. The molecule has 3 rings (SSSR count). The summed E-state index contributed by atoms with van der Waals surface area (Å²) in [5.41, 5.74) is 1.72. The predicted octanol–water partition coefficient (Wildman–Crippen LogP) is 1.88.